The predicted octanol–water partition coefficient (Wildman–Crippen LogP) is 2.52. The van der Waals surface area contributed by atoms with Crippen molar-refractivity contribution in [2.75, 3.05) is 13.1 Å². The molecule has 1 aromatic rings. The average molecular weight is 245 g/mol. The first-order valence-corrected chi connectivity index (χ1v) is 6.98. The van der Waals surface area contributed by atoms with Crippen molar-refractivity contribution in [2.45, 2.75) is 33.1 Å². The summed E-state index contributed by atoms with van der Waals surface area (Å²) in [7, 11) is 0. The number of aryl methyl sites for hydroxylation is 2. The zero-order valence-corrected chi connectivity index (χ0v) is 11.4. The van der Waals surface area contributed by atoms with Crippen molar-refractivity contribution in [1.29, 1.82) is 0 Å². The Labute approximate surface area is 110 Å². The first-order valence-electron chi connectivity index (χ1n) is 6.98. The zero-order valence-electron chi connectivity index (χ0n) is 11.4. The molecule has 0 saturated carbocycles. The van der Waals surface area contributed by atoms with E-state index in [0.29, 0.717) is 5.92 Å². The van der Waals surface area contributed by atoms with Gasteiger partial charge in [0.05, 0.1) is 0 Å². The minimum absolute atomic E-state index is 0.173. The molecule has 1 heterocycles. The molecule has 0 spiro atoms. The molecule has 98 valence electrons. The molecule has 2 unspecified atom stereocenters. The molecule has 1 saturated heterocycles. The highest BCUT2D eigenvalue weighted by molar-refractivity contribution is 5.55. The fraction of sp³-hybridized carbons (Fsp3) is 0.562. The summed E-state index contributed by atoms with van der Waals surface area (Å²) in [5.41, 5.74) is 3.99. The molecule has 0 amide bonds. The van der Waals surface area contributed by atoms with Crippen molar-refractivity contribution in [3.63, 3.8) is 0 Å². The van der Waals surface area contributed by atoms with Gasteiger partial charge in [-0.25, -0.2) is 0 Å². The summed E-state index contributed by atoms with van der Waals surface area (Å²) in [6, 6.07) is 6.71. The number of hydrogen-bond donors (Lipinski definition) is 1. The molecule has 2 nitrogen and oxygen atoms in total. The number of hydrogen-bond acceptors (Lipinski definition) is 2. The minimum Gasteiger partial charge on any atom is -0.316 e. The maximum Gasteiger partial charge on any atom is 0.123 e. The van der Waals surface area contributed by atoms with Crippen LogP contribution in [0.4, 0.5) is 0 Å². The van der Waals surface area contributed by atoms with Crippen molar-refractivity contribution in [3.8, 4) is 0 Å². The number of rotatable bonds is 5. The lowest BCUT2D eigenvalue weighted by Gasteiger charge is -2.17. The molecule has 2 rings (SSSR count). The van der Waals surface area contributed by atoms with Crippen LogP contribution in [0.1, 0.15) is 30.0 Å². The van der Waals surface area contributed by atoms with E-state index in [-0.39, 0.29) is 5.92 Å². The van der Waals surface area contributed by atoms with Gasteiger partial charge >= 0.3 is 0 Å². The third-order valence-corrected chi connectivity index (χ3v) is 3.96. The van der Waals surface area contributed by atoms with E-state index < -0.39 is 0 Å². The van der Waals surface area contributed by atoms with E-state index in [0.717, 1.165) is 38.6 Å². The monoisotopic (exact) mass is 245 g/mol. The Balaban J connectivity index is 2.10. The molecule has 1 aliphatic heterocycles. The summed E-state index contributed by atoms with van der Waals surface area (Å²) in [4.78, 5) is 11.3. The lowest BCUT2D eigenvalue weighted by atomic mass is 9.86. The molecule has 18 heavy (non-hydrogen) atoms. The molecular weight excluding hydrogens is 222 g/mol. The number of benzene rings is 1. The van der Waals surface area contributed by atoms with Crippen LogP contribution in [0, 0.1) is 18.8 Å². The third kappa shape index (κ3) is 3.20. The standard InChI is InChI=1S/C16H23NO/c1-3-13-6-12(2)7-14(8-13)9-16(11-18)15-4-5-17-10-15/h6-8,11,15-17H,3-5,9-10H2,1-2H3. The smallest absolute Gasteiger partial charge is 0.123 e. The van der Waals surface area contributed by atoms with Gasteiger partial charge in [-0.15, -0.1) is 0 Å². The molecule has 0 radical (unpaired) electrons. The maximum atomic E-state index is 11.3. The van der Waals surface area contributed by atoms with Crippen LogP contribution in [0.15, 0.2) is 18.2 Å². The number of carbonyl (C=O) groups excluding carboxylic acids is 1. The van der Waals surface area contributed by atoms with Crippen molar-refractivity contribution >= 4 is 6.29 Å². The molecule has 0 bridgehead atoms. The first kappa shape index (κ1) is 13.3. The first-order chi connectivity index (χ1) is 8.72. The van der Waals surface area contributed by atoms with Gasteiger partial charge in [0, 0.05) is 5.92 Å². The topological polar surface area (TPSA) is 29.1 Å². The van der Waals surface area contributed by atoms with Crippen LogP contribution in [-0.2, 0) is 17.6 Å². The quantitative estimate of drug-likeness (QED) is 0.808. The summed E-state index contributed by atoms with van der Waals surface area (Å²) in [6.07, 6.45) is 4.25. The second kappa shape index (κ2) is 6.14. The van der Waals surface area contributed by atoms with Crippen LogP contribution < -0.4 is 5.32 Å². The minimum atomic E-state index is 0.173. The van der Waals surface area contributed by atoms with E-state index in [2.05, 4.69) is 37.4 Å². The summed E-state index contributed by atoms with van der Waals surface area (Å²) >= 11 is 0. The van der Waals surface area contributed by atoms with E-state index in [4.69, 9.17) is 0 Å². The molecule has 2 atom stereocenters. The number of aldehydes is 1. The lowest BCUT2D eigenvalue weighted by Crippen LogP contribution is -2.21. The number of carbonyl (C=O) groups is 1. The van der Waals surface area contributed by atoms with Gasteiger partial charge < -0.3 is 10.1 Å². The normalized spacial score (nSPS) is 20.9. The van der Waals surface area contributed by atoms with E-state index in [9.17, 15) is 4.79 Å². The second-order valence-corrected chi connectivity index (χ2v) is 5.44. The Bertz CT molecular complexity index is 408. The summed E-state index contributed by atoms with van der Waals surface area (Å²) in [5, 5.41) is 3.35. The Morgan fingerprint density at radius 3 is 2.78 bits per heavy atom. The molecule has 1 aromatic carbocycles. The van der Waals surface area contributed by atoms with Gasteiger partial charge in [0.1, 0.15) is 6.29 Å². The van der Waals surface area contributed by atoms with Gasteiger partial charge in [0.25, 0.3) is 0 Å². The van der Waals surface area contributed by atoms with Crippen LogP contribution in [0.3, 0.4) is 0 Å². The highest BCUT2D eigenvalue weighted by atomic mass is 16.1. The van der Waals surface area contributed by atoms with Gasteiger partial charge in [-0.05, 0) is 56.3 Å². The largest absolute Gasteiger partial charge is 0.316 e. The molecule has 1 fully saturated rings. The van der Waals surface area contributed by atoms with Crippen molar-refractivity contribution < 1.29 is 4.79 Å². The van der Waals surface area contributed by atoms with Gasteiger partial charge in [0.2, 0.25) is 0 Å². The Morgan fingerprint density at radius 2 is 2.17 bits per heavy atom. The summed E-state index contributed by atoms with van der Waals surface area (Å²) in [5.74, 6) is 0.694. The highest BCUT2D eigenvalue weighted by Gasteiger charge is 2.24. The van der Waals surface area contributed by atoms with Crippen LogP contribution >= 0.6 is 0 Å². The fourth-order valence-corrected chi connectivity index (χ4v) is 2.91. The average Bonchev–Trinajstić information content (AvgIpc) is 2.89. The maximum absolute atomic E-state index is 11.3. The third-order valence-electron chi connectivity index (χ3n) is 3.96. The Morgan fingerprint density at radius 1 is 1.39 bits per heavy atom. The van der Waals surface area contributed by atoms with Crippen molar-refractivity contribution in [2.24, 2.45) is 11.8 Å². The van der Waals surface area contributed by atoms with E-state index in [1.807, 2.05) is 0 Å². The van der Waals surface area contributed by atoms with Crippen LogP contribution in [0.2, 0.25) is 0 Å². The molecule has 1 aliphatic rings. The molecule has 0 aliphatic carbocycles. The van der Waals surface area contributed by atoms with E-state index in [1.54, 1.807) is 0 Å². The predicted molar refractivity (Wildman–Crippen MR) is 74.8 cm³/mol. The second-order valence-electron chi connectivity index (χ2n) is 5.44. The van der Waals surface area contributed by atoms with Gasteiger partial charge in [-0.2, -0.15) is 0 Å². The van der Waals surface area contributed by atoms with Crippen LogP contribution in [0.25, 0.3) is 0 Å². The highest BCUT2D eigenvalue weighted by Crippen LogP contribution is 2.22. The van der Waals surface area contributed by atoms with Crippen molar-refractivity contribution in [1.82, 2.24) is 5.32 Å². The Kier molecular flexibility index (Phi) is 4.54. The molecule has 2 heteroatoms. The Hall–Kier alpha value is -1.15. The van der Waals surface area contributed by atoms with Crippen molar-refractivity contribution in [3.05, 3.63) is 34.9 Å². The molecular formula is C16H23NO. The number of nitrogens with one attached hydrogen (secondary N) is 1. The van der Waals surface area contributed by atoms with Crippen LogP contribution in [-0.4, -0.2) is 19.4 Å². The molecule has 1 N–H and O–H groups in total. The molecule has 0 aromatic heterocycles. The SMILES string of the molecule is CCc1cc(C)cc(CC(C=O)C2CCNC2)c1. The van der Waals surface area contributed by atoms with E-state index in [1.165, 1.54) is 16.7 Å². The van der Waals surface area contributed by atoms with Gasteiger partial charge in [-0.3, -0.25) is 0 Å². The summed E-state index contributed by atoms with van der Waals surface area (Å²) in [6.45, 7) is 6.37. The van der Waals surface area contributed by atoms with Gasteiger partial charge in [0.15, 0.2) is 0 Å². The fourth-order valence-electron chi connectivity index (χ4n) is 2.91. The lowest BCUT2D eigenvalue weighted by molar-refractivity contribution is -0.112. The summed E-state index contributed by atoms with van der Waals surface area (Å²) < 4.78 is 0. The zero-order chi connectivity index (χ0) is 13.0. The van der Waals surface area contributed by atoms with E-state index >= 15 is 0 Å². The van der Waals surface area contributed by atoms with Crippen LogP contribution in [0.5, 0.6) is 0 Å². The van der Waals surface area contributed by atoms with Gasteiger partial charge in [-0.1, -0.05) is 30.7 Å².